The molecule has 0 fully saturated rings. The summed E-state index contributed by atoms with van der Waals surface area (Å²) in [6.07, 6.45) is 3.06. The number of ether oxygens (including phenoxy) is 1. The SMILES string of the molecule is CCCNC(c1ccnn1C)C(OC)C(C)(C)C. The van der Waals surface area contributed by atoms with E-state index in [4.69, 9.17) is 4.74 Å². The summed E-state index contributed by atoms with van der Waals surface area (Å²) in [5, 5.41) is 7.85. The molecular weight excluding hydrogens is 226 g/mol. The van der Waals surface area contributed by atoms with Gasteiger partial charge in [-0.2, -0.15) is 5.10 Å². The van der Waals surface area contributed by atoms with Crippen LogP contribution in [0, 0.1) is 5.41 Å². The Hall–Kier alpha value is -0.870. The standard InChI is InChI=1S/C14H27N3O/c1-7-9-15-12(11-8-10-16-17(11)5)13(18-6)14(2,3)4/h8,10,12-13,15H,7,9H2,1-6H3. The molecule has 0 bridgehead atoms. The molecule has 0 aromatic carbocycles. The highest BCUT2D eigenvalue weighted by Crippen LogP contribution is 2.32. The summed E-state index contributed by atoms with van der Waals surface area (Å²) in [6.45, 7) is 9.77. The smallest absolute Gasteiger partial charge is 0.0829 e. The molecular formula is C14H27N3O. The third-order valence-corrected chi connectivity index (χ3v) is 3.20. The molecule has 1 heterocycles. The lowest BCUT2D eigenvalue weighted by Crippen LogP contribution is -2.42. The minimum absolute atomic E-state index is 0.0738. The fourth-order valence-corrected chi connectivity index (χ4v) is 2.35. The zero-order valence-electron chi connectivity index (χ0n) is 12.5. The van der Waals surface area contributed by atoms with E-state index in [2.05, 4.69) is 44.2 Å². The van der Waals surface area contributed by atoms with Crippen LogP contribution in [0.25, 0.3) is 0 Å². The Labute approximate surface area is 111 Å². The first-order valence-corrected chi connectivity index (χ1v) is 6.65. The van der Waals surface area contributed by atoms with E-state index >= 15 is 0 Å². The monoisotopic (exact) mass is 253 g/mol. The summed E-state index contributed by atoms with van der Waals surface area (Å²) in [5.41, 5.74) is 1.25. The van der Waals surface area contributed by atoms with Crippen molar-refractivity contribution < 1.29 is 4.74 Å². The highest BCUT2D eigenvalue weighted by molar-refractivity contribution is 5.10. The van der Waals surface area contributed by atoms with Gasteiger partial charge in [-0.15, -0.1) is 0 Å². The lowest BCUT2D eigenvalue weighted by molar-refractivity contribution is -0.0138. The van der Waals surface area contributed by atoms with Crippen molar-refractivity contribution in [3.8, 4) is 0 Å². The van der Waals surface area contributed by atoms with Crippen molar-refractivity contribution >= 4 is 0 Å². The minimum Gasteiger partial charge on any atom is -0.379 e. The molecule has 1 N–H and O–H groups in total. The molecule has 1 rings (SSSR count). The van der Waals surface area contributed by atoms with E-state index in [1.165, 1.54) is 5.69 Å². The molecule has 2 unspecified atom stereocenters. The topological polar surface area (TPSA) is 39.1 Å². The predicted molar refractivity (Wildman–Crippen MR) is 74.5 cm³/mol. The first kappa shape index (κ1) is 15.2. The highest BCUT2D eigenvalue weighted by Gasteiger charge is 2.34. The van der Waals surface area contributed by atoms with E-state index in [1.54, 1.807) is 7.11 Å². The fourth-order valence-electron chi connectivity index (χ4n) is 2.35. The summed E-state index contributed by atoms with van der Waals surface area (Å²) in [7, 11) is 3.76. The second kappa shape index (κ2) is 6.34. The number of methoxy groups -OCH3 is 1. The number of rotatable bonds is 6. The van der Waals surface area contributed by atoms with Crippen LogP contribution < -0.4 is 5.32 Å². The Morgan fingerprint density at radius 3 is 2.50 bits per heavy atom. The lowest BCUT2D eigenvalue weighted by atomic mass is 9.83. The van der Waals surface area contributed by atoms with Crippen molar-refractivity contribution in [2.24, 2.45) is 12.5 Å². The van der Waals surface area contributed by atoms with Gasteiger partial charge in [0.1, 0.15) is 0 Å². The van der Waals surface area contributed by atoms with Crippen molar-refractivity contribution in [2.45, 2.75) is 46.3 Å². The van der Waals surface area contributed by atoms with Gasteiger partial charge in [0.15, 0.2) is 0 Å². The number of aromatic nitrogens is 2. The molecule has 2 atom stereocenters. The van der Waals surface area contributed by atoms with Gasteiger partial charge in [-0.3, -0.25) is 4.68 Å². The van der Waals surface area contributed by atoms with E-state index in [9.17, 15) is 0 Å². The Kier molecular flexibility index (Phi) is 5.35. The highest BCUT2D eigenvalue weighted by atomic mass is 16.5. The summed E-state index contributed by atoms with van der Waals surface area (Å²) in [4.78, 5) is 0. The molecule has 0 spiro atoms. The van der Waals surface area contributed by atoms with E-state index in [-0.39, 0.29) is 17.6 Å². The normalized spacial score (nSPS) is 15.7. The minimum atomic E-state index is 0.0738. The molecule has 0 aliphatic carbocycles. The molecule has 18 heavy (non-hydrogen) atoms. The molecule has 4 nitrogen and oxygen atoms in total. The molecule has 0 saturated heterocycles. The molecule has 0 amide bonds. The Bertz CT molecular complexity index is 354. The first-order valence-electron chi connectivity index (χ1n) is 6.65. The van der Waals surface area contributed by atoms with E-state index in [0.29, 0.717) is 0 Å². The maximum absolute atomic E-state index is 5.75. The second-order valence-electron chi connectivity index (χ2n) is 5.83. The van der Waals surface area contributed by atoms with Gasteiger partial charge in [0.2, 0.25) is 0 Å². The zero-order valence-corrected chi connectivity index (χ0v) is 12.5. The molecule has 0 aliphatic heterocycles. The molecule has 1 aromatic heterocycles. The predicted octanol–water partition coefficient (Wildman–Crippen LogP) is 2.52. The maximum Gasteiger partial charge on any atom is 0.0829 e. The van der Waals surface area contributed by atoms with Crippen LogP contribution in [0.4, 0.5) is 0 Å². The number of aryl methyl sites for hydroxylation is 1. The van der Waals surface area contributed by atoms with Crippen LogP contribution in [-0.2, 0) is 11.8 Å². The van der Waals surface area contributed by atoms with Gasteiger partial charge in [0.05, 0.1) is 17.8 Å². The summed E-state index contributed by atoms with van der Waals surface area (Å²) >= 11 is 0. The van der Waals surface area contributed by atoms with Gasteiger partial charge >= 0.3 is 0 Å². The van der Waals surface area contributed by atoms with Crippen molar-refractivity contribution in [3.05, 3.63) is 18.0 Å². The molecule has 0 radical (unpaired) electrons. The number of hydrogen-bond donors (Lipinski definition) is 1. The lowest BCUT2D eigenvalue weighted by Gasteiger charge is -2.36. The van der Waals surface area contributed by atoms with Crippen molar-refractivity contribution in [3.63, 3.8) is 0 Å². The van der Waals surface area contributed by atoms with Gasteiger partial charge in [0, 0.05) is 20.4 Å². The molecule has 0 saturated carbocycles. The number of hydrogen-bond acceptors (Lipinski definition) is 3. The third-order valence-electron chi connectivity index (χ3n) is 3.20. The second-order valence-corrected chi connectivity index (χ2v) is 5.83. The molecule has 0 aliphatic rings. The summed E-state index contributed by atoms with van der Waals surface area (Å²) in [6, 6.07) is 2.23. The third kappa shape index (κ3) is 3.56. The summed E-state index contributed by atoms with van der Waals surface area (Å²) < 4.78 is 7.67. The van der Waals surface area contributed by atoms with Crippen molar-refractivity contribution in [1.29, 1.82) is 0 Å². The average Bonchev–Trinajstić information content (AvgIpc) is 2.68. The van der Waals surface area contributed by atoms with Crippen LogP contribution in [0.5, 0.6) is 0 Å². The van der Waals surface area contributed by atoms with Crippen molar-refractivity contribution in [1.82, 2.24) is 15.1 Å². The van der Waals surface area contributed by atoms with Gasteiger partial charge in [-0.05, 0) is 24.4 Å². The molecule has 1 aromatic rings. The Balaban J connectivity index is 3.00. The quantitative estimate of drug-likeness (QED) is 0.846. The number of nitrogens with zero attached hydrogens (tertiary/aromatic N) is 2. The van der Waals surface area contributed by atoms with Crippen LogP contribution in [0.2, 0.25) is 0 Å². The Morgan fingerprint density at radius 2 is 2.11 bits per heavy atom. The van der Waals surface area contributed by atoms with Gasteiger partial charge in [-0.1, -0.05) is 27.7 Å². The average molecular weight is 253 g/mol. The first-order chi connectivity index (χ1) is 8.41. The van der Waals surface area contributed by atoms with E-state index in [0.717, 1.165) is 13.0 Å². The largest absolute Gasteiger partial charge is 0.379 e. The van der Waals surface area contributed by atoms with Crippen LogP contribution in [0.15, 0.2) is 12.3 Å². The zero-order chi connectivity index (χ0) is 13.8. The maximum atomic E-state index is 5.75. The number of nitrogens with one attached hydrogen (secondary N) is 1. The van der Waals surface area contributed by atoms with Crippen molar-refractivity contribution in [2.75, 3.05) is 13.7 Å². The fraction of sp³-hybridized carbons (Fsp3) is 0.786. The van der Waals surface area contributed by atoms with Crippen LogP contribution in [0.1, 0.15) is 45.9 Å². The van der Waals surface area contributed by atoms with Gasteiger partial charge in [0.25, 0.3) is 0 Å². The van der Waals surface area contributed by atoms with Crippen LogP contribution >= 0.6 is 0 Å². The van der Waals surface area contributed by atoms with E-state index < -0.39 is 0 Å². The van der Waals surface area contributed by atoms with Gasteiger partial charge < -0.3 is 10.1 Å². The van der Waals surface area contributed by atoms with Crippen LogP contribution in [0.3, 0.4) is 0 Å². The van der Waals surface area contributed by atoms with Crippen LogP contribution in [-0.4, -0.2) is 29.5 Å². The van der Waals surface area contributed by atoms with E-state index in [1.807, 2.05) is 17.9 Å². The molecule has 4 heteroatoms. The summed E-state index contributed by atoms with van der Waals surface area (Å²) in [5.74, 6) is 0. The van der Waals surface area contributed by atoms with Gasteiger partial charge in [-0.25, -0.2) is 0 Å². The molecule has 104 valence electrons. The Morgan fingerprint density at radius 1 is 1.44 bits per heavy atom.